The molecule has 98 heavy (non-hydrogen) atoms. The van der Waals surface area contributed by atoms with Gasteiger partial charge in [-0.25, -0.2) is 31.3 Å². The second-order valence-corrected chi connectivity index (χ2v) is 35.5. The first-order valence-corrected chi connectivity index (χ1v) is 39.9. The van der Waals surface area contributed by atoms with Crippen LogP contribution in [0.4, 0.5) is 0 Å². The molecule has 0 radical (unpaired) electrons. The Morgan fingerprint density at radius 1 is 0.500 bits per heavy atom. The molecule has 1 unspecified atom stereocenters. The fourth-order valence-electron chi connectivity index (χ4n) is 12.7. The molecule has 12 rings (SSSR count). The van der Waals surface area contributed by atoms with Crippen molar-refractivity contribution >= 4 is 34.1 Å². The molecule has 4 heterocycles. The number of fused-ring (bicyclic) bond motifs is 2. The molecule has 0 amide bonds. The SMILES string of the molecule is CN(C)C1=N[C@@H]2[C@@H](OCc3ccccc3)[C@H](O[C@@H]3O[C@H](COCc4ccccc4)[C@@H](O[C@@H]4O[C@@H]5COC(c6ccccc6)O[C@H]5[C@@H](OCc5ccccc5)[C@H]4NS(=O)(=O)c4ccccc4)[C@@H](OCOCC[Si](C)(C)C)[C@H]3NS(=O)(=O)c3ccccc3)[C@@H](COCc3ccccc3)[C@@H]2O1. The van der Waals surface area contributed by atoms with Crippen molar-refractivity contribution in [2.24, 2.45) is 10.9 Å². The van der Waals surface area contributed by atoms with Gasteiger partial charge in [-0.2, -0.15) is 0 Å². The van der Waals surface area contributed by atoms with Crippen molar-refractivity contribution in [1.29, 1.82) is 0 Å². The molecule has 522 valence electrons. The third kappa shape index (κ3) is 18.3. The zero-order chi connectivity index (χ0) is 68.1. The Kier molecular flexibility index (Phi) is 24.1. The Balaban J connectivity index is 0.985. The lowest BCUT2D eigenvalue weighted by atomic mass is 9.94. The van der Waals surface area contributed by atoms with Gasteiger partial charge in [-0.1, -0.05) is 208 Å². The zero-order valence-corrected chi connectivity index (χ0v) is 58.3. The number of aliphatic imine (C=N–C) groups is 1. The van der Waals surface area contributed by atoms with Crippen LogP contribution in [0.5, 0.6) is 0 Å². The summed E-state index contributed by atoms with van der Waals surface area (Å²) >= 11 is 0. The van der Waals surface area contributed by atoms with Gasteiger partial charge >= 0.3 is 0 Å². The van der Waals surface area contributed by atoms with Gasteiger partial charge < -0.3 is 66.5 Å². The Bertz CT molecular complexity index is 3850. The van der Waals surface area contributed by atoms with Crippen LogP contribution in [-0.4, -0.2) is 169 Å². The summed E-state index contributed by atoms with van der Waals surface area (Å²) in [6, 6.07) is 61.5. The van der Waals surface area contributed by atoms with Crippen molar-refractivity contribution in [3.63, 3.8) is 0 Å². The summed E-state index contributed by atoms with van der Waals surface area (Å²) in [5, 5.41) is 0. The van der Waals surface area contributed by atoms with E-state index in [-0.39, 0.29) is 62.8 Å². The van der Waals surface area contributed by atoms with Crippen molar-refractivity contribution in [2.75, 3.05) is 47.3 Å². The molecule has 0 bridgehead atoms. The quantitative estimate of drug-likeness (QED) is 0.0234. The monoisotopic (exact) mass is 1400 g/mol. The molecule has 0 aromatic heterocycles. The number of ether oxygens (including phenoxy) is 13. The van der Waals surface area contributed by atoms with Crippen LogP contribution < -0.4 is 9.44 Å². The van der Waals surface area contributed by atoms with E-state index in [1.165, 1.54) is 24.3 Å². The van der Waals surface area contributed by atoms with Crippen LogP contribution in [0.15, 0.2) is 227 Å². The second kappa shape index (κ2) is 33.2. The smallest absolute Gasteiger partial charge is 0.287 e. The molecule has 3 saturated heterocycles. The number of hydrogen-bond acceptors (Lipinski definition) is 19. The van der Waals surface area contributed by atoms with E-state index in [4.69, 9.17) is 66.6 Å². The first kappa shape index (κ1) is 71.2. The molecule has 1 saturated carbocycles. The van der Waals surface area contributed by atoms with Crippen molar-refractivity contribution in [2.45, 2.75) is 154 Å². The lowest BCUT2D eigenvalue weighted by molar-refractivity contribution is -0.374. The maximum atomic E-state index is 15.4. The van der Waals surface area contributed by atoms with Crippen molar-refractivity contribution in [3.8, 4) is 0 Å². The van der Waals surface area contributed by atoms with Gasteiger partial charge in [0.05, 0.1) is 68.1 Å². The number of amidine groups is 1. The van der Waals surface area contributed by atoms with Gasteiger partial charge in [-0.05, 0) is 52.6 Å². The molecule has 21 nitrogen and oxygen atoms in total. The molecule has 4 aliphatic heterocycles. The average molecular weight is 1400 g/mol. The summed E-state index contributed by atoms with van der Waals surface area (Å²) < 4.78 is 157. The predicted octanol–water partition coefficient (Wildman–Crippen LogP) is 9.63. The van der Waals surface area contributed by atoms with Crippen LogP contribution in [0.3, 0.4) is 0 Å². The molecule has 4 fully saturated rings. The maximum absolute atomic E-state index is 15.4. The molecule has 7 aromatic rings. The highest BCUT2D eigenvalue weighted by Crippen LogP contribution is 2.44. The number of nitrogens with one attached hydrogen (secondary N) is 2. The van der Waals surface area contributed by atoms with E-state index in [0.29, 0.717) is 12.6 Å². The van der Waals surface area contributed by atoms with Crippen LogP contribution in [0.1, 0.15) is 34.1 Å². The van der Waals surface area contributed by atoms with E-state index in [0.717, 1.165) is 33.9 Å². The summed E-state index contributed by atoms with van der Waals surface area (Å²) in [5.74, 6) is -0.622. The fourth-order valence-corrected chi connectivity index (χ4v) is 16.0. The minimum atomic E-state index is -4.54. The molecule has 1 aliphatic carbocycles. The first-order valence-electron chi connectivity index (χ1n) is 33.3. The standard InChI is InChI=1S/C74H88N4O17S2Si/c1-78(2)74-75-61-64(95-74)58(47-84-43-51-27-13-6-14-28-51)65(68(61)86-45-53-31-17-8-18-32-53)92-72-63(77-97(81,82)57-39-25-12-26-40-57)70(89-50-83-41-42-98(3,4)5)66(59(90-72)48-85-44-52-29-15-7-16-30-52)94-73-62(76-96(79,80)56-37-23-11-24-38-56)69(87-46-54-33-19-9-20-34-54)67-60(91-73)49-88-71(93-67)55-35-21-10-22-36-55/h6-40,58-73,76-77H,41-50H2,1-5H3/t58-,59+,60+,61-,62+,63+,64-,65+,66+,67+,68+,69-,70-,71?,72-,73-/m0/s1. The average Bonchev–Trinajstić information content (AvgIpc) is 1.48. The maximum Gasteiger partial charge on any atom is 0.287 e. The van der Waals surface area contributed by atoms with Gasteiger partial charge in [-0.15, -0.1) is 0 Å². The lowest BCUT2D eigenvalue weighted by Crippen LogP contribution is -2.71. The topological polar surface area (TPSA) is 228 Å². The highest BCUT2D eigenvalue weighted by Gasteiger charge is 2.61. The van der Waals surface area contributed by atoms with E-state index in [1.807, 2.05) is 166 Å². The molecule has 2 N–H and O–H groups in total. The molecule has 16 atom stereocenters. The number of hydrogen-bond donors (Lipinski definition) is 2. The van der Waals surface area contributed by atoms with E-state index in [9.17, 15) is 0 Å². The highest BCUT2D eigenvalue weighted by atomic mass is 32.2. The van der Waals surface area contributed by atoms with E-state index in [2.05, 4.69) is 29.1 Å². The predicted molar refractivity (Wildman–Crippen MR) is 368 cm³/mol. The van der Waals surface area contributed by atoms with Crippen LogP contribution in [0.25, 0.3) is 0 Å². The number of nitrogens with zero attached hydrogens (tertiary/aromatic N) is 2. The van der Waals surface area contributed by atoms with Crippen molar-refractivity contribution in [1.82, 2.24) is 14.3 Å². The normalized spacial score (nSPS) is 27.9. The number of rotatable bonds is 31. The van der Waals surface area contributed by atoms with E-state index in [1.54, 1.807) is 41.3 Å². The molecule has 5 aliphatic rings. The van der Waals surface area contributed by atoms with Gasteiger partial charge in [0, 0.05) is 34.3 Å². The van der Waals surface area contributed by atoms with Crippen LogP contribution in [0.2, 0.25) is 25.7 Å². The van der Waals surface area contributed by atoms with Gasteiger partial charge in [-0.3, -0.25) is 0 Å². The minimum Gasteiger partial charge on any atom is -0.459 e. The third-order valence-electron chi connectivity index (χ3n) is 17.8. The Hall–Kier alpha value is -6.63. The van der Waals surface area contributed by atoms with Crippen molar-refractivity contribution in [3.05, 3.63) is 240 Å². The summed E-state index contributed by atoms with van der Waals surface area (Å²) in [7, 11) is -6.96. The zero-order valence-electron chi connectivity index (χ0n) is 55.7. The van der Waals surface area contributed by atoms with Crippen LogP contribution in [-0.2, 0) is 108 Å². The molecule has 7 aromatic carbocycles. The van der Waals surface area contributed by atoms with Crippen molar-refractivity contribution < 1.29 is 78.4 Å². The largest absolute Gasteiger partial charge is 0.459 e. The molecular weight excluding hydrogens is 1310 g/mol. The number of sulfonamides is 2. The van der Waals surface area contributed by atoms with Gasteiger partial charge in [0.1, 0.15) is 73.8 Å². The summed E-state index contributed by atoms with van der Waals surface area (Å²) in [5.41, 5.74) is 4.19. The fraction of sp³-hybridized carbons (Fsp3) is 0.419. The van der Waals surface area contributed by atoms with E-state index >= 15 is 16.8 Å². The second-order valence-electron chi connectivity index (χ2n) is 26.4. The Labute approximate surface area is 576 Å². The third-order valence-corrected chi connectivity index (χ3v) is 22.4. The molecular formula is C74H88N4O17S2Si. The summed E-state index contributed by atoms with van der Waals surface area (Å²) in [4.78, 5) is 6.84. The van der Waals surface area contributed by atoms with Gasteiger partial charge in [0.25, 0.3) is 6.02 Å². The van der Waals surface area contributed by atoms with Crippen LogP contribution in [0, 0.1) is 5.92 Å². The lowest BCUT2D eigenvalue weighted by Gasteiger charge is -2.52. The highest BCUT2D eigenvalue weighted by molar-refractivity contribution is 7.89. The Morgan fingerprint density at radius 3 is 1.50 bits per heavy atom. The van der Waals surface area contributed by atoms with Gasteiger partial charge in [0.2, 0.25) is 20.0 Å². The molecule has 24 heteroatoms. The summed E-state index contributed by atoms with van der Waals surface area (Å²) in [6.07, 6.45) is -13.7. The molecule has 0 spiro atoms. The van der Waals surface area contributed by atoms with Gasteiger partial charge in [0.15, 0.2) is 18.9 Å². The first-order chi connectivity index (χ1) is 47.5. The Morgan fingerprint density at radius 2 is 0.969 bits per heavy atom. The minimum absolute atomic E-state index is 0.0145. The number of benzene rings is 7. The summed E-state index contributed by atoms with van der Waals surface area (Å²) in [6.45, 7) is 7.01. The van der Waals surface area contributed by atoms with Crippen LogP contribution >= 0.6 is 0 Å². The van der Waals surface area contributed by atoms with E-state index < -0.39 is 126 Å².